The van der Waals surface area contributed by atoms with Crippen LogP contribution in [-0.2, 0) is 18.9 Å². The molecule has 0 aliphatic carbocycles. The molecule has 0 saturated carbocycles. The van der Waals surface area contributed by atoms with Crippen LogP contribution in [0.5, 0.6) is 0 Å². The lowest BCUT2D eigenvalue weighted by atomic mass is 9.86. The Balaban J connectivity index is 2.86. The zero-order valence-electron chi connectivity index (χ0n) is 11.8. The first-order chi connectivity index (χ1) is 8.90. The van der Waals surface area contributed by atoms with Gasteiger partial charge in [0.15, 0.2) is 0 Å². The smallest absolute Gasteiger partial charge is 0.255 e. The van der Waals surface area contributed by atoms with Gasteiger partial charge in [-0.3, -0.25) is 4.79 Å². The van der Waals surface area contributed by atoms with E-state index in [1.807, 2.05) is 18.2 Å². The topological polar surface area (TPSA) is 45.8 Å². The van der Waals surface area contributed by atoms with E-state index in [0.717, 1.165) is 17.3 Å². The molecule has 0 N–H and O–H groups in total. The van der Waals surface area contributed by atoms with Gasteiger partial charge in [0.2, 0.25) is 0 Å². The fourth-order valence-corrected chi connectivity index (χ4v) is 2.26. The number of pyridine rings is 1. The molecule has 0 unspecified atom stereocenters. The molecule has 0 fully saturated rings. The van der Waals surface area contributed by atoms with Crippen LogP contribution >= 0.6 is 0 Å². The molecular formula is C16H18N2O. The molecule has 0 aliphatic heterocycles. The van der Waals surface area contributed by atoms with E-state index in [2.05, 4.69) is 19.1 Å². The van der Waals surface area contributed by atoms with Crippen molar-refractivity contribution in [3.8, 4) is 6.07 Å². The molecule has 0 aliphatic rings. The maximum absolute atomic E-state index is 12.4. The molecule has 0 saturated heterocycles. The van der Waals surface area contributed by atoms with Crippen LogP contribution in [0.4, 0.5) is 0 Å². The molecule has 19 heavy (non-hydrogen) atoms. The van der Waals surface area contributed by atoms with Crippen molar-refractivity contribution in [2.45, 2.75) is 32.6 Å². The second kappa shape index (κ2) is 4.55. The number of rotatable bonds is 2. The Bertz CT molecular complexity index is 733. The van der Waals surface area contributed by atoms with Crippen LogP contribution in [0.25, 0.3) is 10.9 Å². The van der Waals surface area contributed by atoms with Crippen LogP contribution in [0.15, 0.2) is 29.1 Å². The molecule has 0 amide bonds. The highest BCUT2D eigenvalue weighted by Crippen LogP contribution is 2.23. The van der Waals surface area contributed by atoms with Gasteiger partial charge in [0.05, 0.1) is 17.0 Å². The SMILES string of the molecule is CCc1ccc2c(c1)cc(C(C)(C)C#N)c(=O)n2C. The van der Waals surface area contributed by atoms with E-state index in [-0.39, 0.29) is 5.56 Å². The number of aryl methyl sites for hydroxylation is 2. The number of fused-ring (bicyclic) bond motifs is 1. The summed E-state index contributed by atoms with van der Waals surface area (Å²) < 4.78 is 1.63. The number of nitriles is 1. The highest BCUT2D eigenvalue weighted by atomic mass is 16.1. The van der Waals surface area contributed by atoms with Crippen molar-refractivity contribution in [1.82, 2.24) is 4.57 Å². The lowest BCUT2D eigenvalue weighted by Gasteiger charge is -2.17. The van der Waals surface area contributed by atoms with Gasteiger partial charge in [-0.15, -0.1) is 0 Å². The number of nitrogens with zero attached hydrogens (tertiary/aromatic N) is 2. The molecule has 0 atom stereocenters. The predicted molar refractivity (Wildman–Crippen MR) is 77.2 cm³/mol. The van der Waals surface area contributed by atoms with Gasteiger partial charge in [0.25, 0.3) is 5.56 Å². The monoisotopic (exact) mass is 254 g/mol. The first-order valence-corrected chi connectivity index (χ1v) is 6.45. The molecule has 2 aromatic rings. The summed E-state index contributed by atoms with van der Waals surface area (Å²) >= 11 is 0. The number of hydrogen-bond acceptors (Lipinski definition) is 2. The standard InChI is InChI=1S/C16H18N2O/c1-5-11-6-7-14-12(8-11)9-13(15(19)18(14)4)16(2,3)10-17/h6-9H,5H2,1-4H3. The van der Waals surface area contributed by atoms with Crippen molar-refractivity contribution in [3.05, 3.63) is 45.7 Å². The van der Waals surface area contributed by atoms with Gasteiger partial charge >= 0.3 is 0 Å². The summed E-state index contributed by atoms with van der Waals surface area (Å²) in [6.07, 6.45) is 0.954. The van der Waals surface area contributed by atoms with Crippen LogP contribution in [0, 0.1) is 11.3 Å². The summed E-state index contributed by atoms with van der Waals surface area (Å²) in [5.41, 5.74) is 1.82. The quantitative estimate of drug-likeness (QED) is 0.827. The normalized spacial score (nSPS) is 11.5. The Morgan fingerprint density at radius 3 is 2.58 bits per heavy atom. The van der Waals surface area contributed by atoms with E-state index in [1.165, 1.54) is 5.56 Å². The average molecular weight is 254 g/mol. The van der Waals surface area contributed by atoms with Crippen molar-refractivity contribution in [3.63, 3.8) is 0 Å². The number of hydrogen-bond donors (Lipinski definition) is 0. The van der Waals surface area contributed by atoms with Crippen molar-refractivity contribution >= 4 is 10.9 Å². The molecule has 0 spiro atoms. The number of benzene rings is 1. The van der Waals surface area contributed by atoms with Crippen molar-refractivity contribution in [1.29, 1.82) is 5.26 Å². The molecule has 3 heteroatoms. The summed E-state index contributed by atoms with van der Waals surface area (Å²) in [5, 5.41) is 10.3. The van der Waals surface area contributed by atoms with Gasteiger partial charge in [-0.2, -0.15) is 5.26 Å². The molecule has 0 radical (unpaired) electrons. The second-order valence-corrected chi connectivity index (χ2v) is 5.41. The Hall–Kier alpha value is -2.08. The summed E-state index contributed by atoms with van der Waals surface area (Å²) in [4.78, 5) is 12.4. The Morgan fingerprint density at radius 1 is 1.32 bits per heavy atom. The summed E-state index contributed by atoms with van der Waals surface area (Å²) in [7, 11) is 1.76. The zero-order chi connectivity index (χ0) is 14.2. The minimum atomic E-state index is -0.773. The third-order valence-electron chi connectivity index (χ3n) is 3.65. The molecule has 98 valence electrons. The van der Waals surface area contributed by atoms with Gasteiger partial charge in [0, 0.05) is 12.6 Å². The van der Waals surface area contributed by atoms with Gasteiger partial charge in [0.1, 0.15) is 0 Å². The third-order valence-corrected chi connectivity index (χ3v) is 3.65. The molecule has 2 rings (SSSR count). The third kappa shape index (κ3) is 2.15. The van der Waals surface area contributed by atoms with E-state index in [4.69, 9.17) is 0 Å². The molecule has 1 aromatic heterocycles. The van der Waals surface area contributed by atoms with E-state index in [9.17, 15) is 10.1 Å². The van der Waals surface area contributed by atoms with Crippen LogP contribution < -0.4 is 5.56 Å². The van der Waals surface area contributed by atoms with Crippen molar-refractivity contribution in [2.24, 2.45) is 7.05 Å². The molecular weight excluding hydrogens is 236 g/mol. The highest BCUT2D eigenvalue weighted by molar-refractivity contribution is 5.80. The fraction of sp³-hybridized carbons (Fsp3) is 0.375. The van der Waals surface area contributed by atoms with Crippen molar-refractivity contribution < 1.29 is 0 Å². The predicted octanol–water partition coefficient (Wildman–Crippen LogP) is 2.90. The van der Waals surface area contributed by atoms with Gasteiger partial charge in [-0.05, 0) is 49.4 Å². The Kier molecular flexibility index (Phi) is 3.20. The van der Waals surface area contributed by atoms with E-state index < -0.39 is 5.41 Å². The zero-order valence-corrected chi connectivity index (χ0v) is 11.8. The van der Waals surface area contributed by atoms with E-state index >= 15 is 0 Å². The Morgan fingerprint density at radius 2 is 2.00 bits per heavy atom. The van der Waals surface area contributed by atoms with Crippen LogP contribution in [0.2, 0.25) is 0 Å². The van der Waals surface area contributed by atoms with E-state index in [0.29, 0.717) is 5.56 Å². The van der Waals surface area contributed by atoms with Crippen LogP contribution in [0.3, 0.4) is 0 Å². The number of aromatic nitrogens is 1. The first kappa shape index (κ1) is 13.4. The fourth-order valence-electron chi connectivity index (χ4n) is 2.26. The van der Waals surface area contributed by atoms with Gasteiger partial charge in [-0.1, -0.05) is 13.0 Å². The van der Waals surface area contributed by atoms with Crippen molar-refractivity contribution in [2.75, 3.05) is 0 Å². The van der Waals surface area contributed by atoms with Crippen LogP contribution in [-0.4, -0.2) is 4.57 Å². The summed E-state index contributed by atoms with van der Waals surface area (Å²) in [6, 6.07) is 10.2. The molecule has 1 aromatic carbocycles. The maximum Gasteiger partial charge on any atom is 0.255 e. The maximum atomic E-state index is 12.4. The second-order valence-electron chi connectivity index (χ2n) is 5.41. The Labute approximate surface area is 113 Å². The van der Waals surface area contributed by atoms with E-state index in [1.54, 1.807) is 25.5 Å². The average Bonchev–Trinajstić information content (AvgIpc) is 2.42. The first-order valence-electron chi connectivity index (χ1n) is 6.45. The molecule has 0 bridgehead atoms. The van der Waals surface area contributed by atoms with Gasteiger partial charge < -0.3 is 4.57 Å². The summed E-state index contributed by atoms with van der Waals surface area (Å²) in [5.74, 6) is 0. The largest absolute Gasteiger partial charge is 0.311 e. The molecule has 1 heterocycles. The van der Waals surface area contributed by atoms with Crippen LogP contribution in [0.1, 0.15) is 31.9 Å². The lowest BCUT2D eigenvalue weighted by molar-refractivity contribution is 0.665. The van der Waals surface area contributed by atoms with Gasteiger partial charge in [-0.25, -0.2) is 0 Å². The summed E-state index contributed by atoms with van der Waals surface area (Å²) in [6.45, 7) is 5.65. The minimum absolute atomic E-state index is 0.0942. The molecule has 3 nitrogen and oxygen atoms in total. The minimum Gasteiger partial charge on any atom is -0.311 e. The highest BCUT2D eigenvalue weighted by Gasteiger charge is 2.24. The lowest BCUT2D eigenvalue weighted by Crippen LogP contribution is -2.30.